The number of oxazole rings is 1. The molecule has 3 N–H and O–H groups in total. The van der Waals surface area contributed by atoms with Gasteiger partial charge in [-0.1, -0.05) is 25.1 Å². The van der Waals surface area contributed by atoms with Crippen LogP contribution in [-0.4, -0.2) is 26.0 Å². The third-order valence-electron chi connectivity index (χ3n) is 5.22. The number of nitro groups is 1. The lowest BCUT2D eigenvalue weighted by molar-refractivity contribution is -0.385. The molecule has 9 nitrogen and oxygen atoms in total. The minimum atomic E-state index is -0.716. The molecule has 0 unspecified atom stereocenters. The Hall–Kier alpha value is -4.31. The van der Waals surface area contributed by atoms with Crippen LogP contribution < -0.4 is 10.6 Å². The highest BCUT2D eigenvalue weighted by atomic mass is 32.1. The van der Waals surface area contributed by atoms with Gasteiger partial charge in [-0.2, -0.15) is 0 Å². The number of fused-ring (bicyclic) bond motifs is 1. The van der Waals surface area contributed by atoms with E-state index in [2.05, 4.69) is 15.6 Å². The van der Waals surface area contributed by atoms with Gasteiger partial charge in [0.15, 0.2) is 10.7 Å². The van der Waals surface area contributed by atoms with Gasteiger partial charge in [-0.15, -0.1) is 0 Å². The summed E-state index contributed by atoms with van der Waals surface area (Å²) in [5, 5.41) is 27.0. The van der Waals surface area contributed by atoms with Crippen molar-refractivity contribution in [2.45, 2.75) is 20.3 Å². The van der Waals surface area contributed by atoms with Gasteiger partial charge in [-0.25, -0.2) is 4.98 Å². The van der Waals surface area contributed by atoms with Crippen LogP contribution in [0.5, 0.6) is 5.75 Å². The van der Waals surface area contributed by atoms with Gasteiger partial charge in [0.25, 0.3) is 11.6 Å². The van der Waals surface area contributed by atoms with Crippen molar-refractivity contribution in [2.24, 2.45) is 0 Å². The molecule has 1 aromatic heterocycles. The van der Waals surface area contributed by atoms with Gasteiger partial charge < -0.3 is 14.8 Å². The molecule has 0 radical (unpaired) electrons. The molecular formula is C24H20N4O5S. The number of anilines is 1. The van der Waals surface area contributed by atoms with Gasteiger partial charge in [0.2, 0.25) is 5.89 Å². The molecule has 0 aliphatic carbocycles. The topological polar surface area (TPSA) is 131 Å². The van der Waals surface area contributed by atoms with Crippen LogP contribution in [0.25, 0.3) is 22.6 Å². The van der Waals surface area contributed by atoms with E-state index >= 15 is 0 Å². The summed E-state index contributed by atoms with van der Waals surface area (Å²) in [5.74, 6) is -0.476. The molecule has 1 amide bonds. The molecule has 0 saturated heterocycles. The summed E-state index contributed by atoms with van der Waals surface area (Å²) < 4.78 is 5.84. The Labute approximate surface area is 199 Å². The predicted molar refractivity (Wildman–Crippen MR) is 132 cm³/mol. The average molecular weight is 477 g/mol. The number of carbonyl (C=O) groups is 1. The largest absolute Gasteiger partial charge is 0.507 e. The number of nitro benzene ring substituents is 1. The van der Waals surface area contributed by atoms with Crippen LogP contribution in [0.1, 0.15) is 28.4 Å². The summed E-state index contributed by atoms with van der Waals surface area (Å²) in [7, 11) is 0. The van der Waals surface area contributed by atoms with E-state index in [0.29, 0.717) is 27.9 Å². The van der Waals surface area contributed by atoms with Crippen molar-refractivity contribution in [1.29, 1.82) is 0 Å². The van der Waals surface area contributed by atoms with Crippen LogP contribution in [0.3, 0.4) is 0 Å². The monoisotopic (exact) mass is 476 g/mol. The maximum absolute atomic E-state index is 12.5. The van der Waals surface area contributed by atoms with Gasteiger partial charge in [0.05, 0.1) is 10.5 Å². The number of aryl methyl sites for hydroxylation is 2. The maximum Gasteiger partial charge on any atom is 0.282 e. The highest BCUT2D eigenvalue weighted by molar-refractivity contribution is 7.80. The van der Waals surface area contributed by atoms with Gasteiger partial charge >= 0.3 is 0 Å². The summed E-state index contributed by atoms with van der Waals surface area (Å²) in [6.45, 7) is 3.75. The van der Waals surface area contributed by atoms with Crippen molar-refractivity contribution in [1.82, 2.24) is 10.3 Å². The number of para-hydroxylation sites is 1. The molecule has 1 heterocycles. The molecule has 4 aromatic rings. The first-order chi connectivity index (χ1) is 16.3. The van der Waals surface area contributed by atoms with Crippen LogP contribution in [-0.2, 0) is 6.42 Å². The number of benzene rings is 3. The minimum absolute atomic E-state index is 0.00249. The second kappa shape index (κ2) is 9.28. The van der Waals surface area contributed by atoms with Crippen LogP contribution in [0, 0.1) is 17.0 Å². The lowest BCUT2D eigenvalue weighted by atomic mass is 10.1. The first-order valence-corrected chi connectivity index (χ1v) is 10.8. The molecule has 0 atom stereocenters. The van der Waals surface area contributed by atoms with E-state index in [9.17, 15) is 20.0 Å². The van der Waals surface area contributed by atoms with E-state index in [1.807, 2.05) is 25.1 Å². The summed E-state index contributed by atoms with van der Waals surface area (Å²) in [6.07, 6.45) is 0.858. The molecule has 0 spiro atoms. The number of phenolic OH excluding ortho intramolecular Hbond substituents is 1. The zero-order valence-corrected chi connectivity index (χ0v) is 19.1. The minimum Gasteiger partial charge on any atom is -0.507 e. The third-order valence-corrected chi connectivity index (χ3v) is 5.43. The number of aromatic nitrogens is 1. The van der Waals surface area contributed by atoms with Crippen molar-refractivity contribution >= 4 is 45.7 Å². The van der Waals surface area contributed by atoms with Crippen molar-refractivity contribution < 1.29 is 19.2 Å². The van der Waals surface area contributed by atoms with Gasteiger partial charge in [-0.3, -0.25) is 20.2 Å². The van der Waals surface area contributed by atoms with Gasteiger partial charge in [0.1, 0.15) is 16.8 Å². The molecule has 3 aromatic carbocycles. The van der Waals surface area contributed by atoms with E-state index in [4.69, 9.17) is 16.6 Å². The molecule has 172 valence electrons. The van der Waals surface area contributed by atoms with Crippen molar-refractivity contribution in [3.63, 3.8) is 0 Å². The molecule has 34 heavy (non-hydrogen) atoms. The zero-order chi connectivity index (χ0) is 24.4. The number of rotatable bonds is 5. The van der Waals surface area contributed by atoms with E-state index in [0.717, 1.165) is 12.0 Å². The molecule has 0 bridgehead atoms. The number of phenols is 1. The normalized spacial score (nSPS) is 10.8. The second-order valence-corrected chi connectivity index (χ2v) is 7.95. The van der Waals surface area contributed by atoms with Crippen LogP contribution in [0.15, 0.2) is 59.0 Å². The zero-order valence-electron chi connectivity index (χ0n) is 18.3. The number of nitrogens with zero attached hydrogens (tertiary/aromatic N) is 2. The molecule has 0 aliphatic heterocycles. The highest BCUT2D eigenvalue weighted by Gasteiger charge is 2.21. The van der Waals surface area contributed by atoms with Crippen molar-refractivity contribution in [3.05, 3.63) is 81.4 Å². The lowest BCUT2D eigenvalue weighted by Crippen LogP contribution is -2.34. The van der Waals surface area contributed by atoms with Crippen LogP contribution >= 0.6 is 12.2 Å². The molecule has 10 heteroatoms. The number of amides is 1. The Morgan fingerprint density at radius 1 is 1.21 bits per heavy atom. The molecule has 0 fully saturated rings. The van der Waals surface area contributed by atoms with Gasteiger partial charge in [-0.05, 0) is 67.0 Å². The summed E-state index contributed by atoms with van der Waals surface area (Å²) in [4.78, 5) is 27.6. The number of nitrogens with one attached hydrogen (secondary N) is 2. The fraction of sp³-hybridized carbons (Fsp3) is 0.125. The first-order valence-electron chi connectivity index (χ1n) is 10.4. The lowest BCUT2D eigenvalue weighted by Gasteiger charge is -2.12. The van der Waals surface area contributed by atoms with Crippen molar-refractivity contribution in [2.75, 3.05) is 5.32 Å². The standard InChI is InChI=1S/C24H20N4O5S/c1-3-14-8-9-20-18(11-14)26-23(33-20)17-12-15(10-13(2)21(17)29)25-24(34)27-22(30)16-6-4-5-7-19(16)28(31)32/h4-12,29H,3H2,1-2H3,(H2,25,27,30,34). The Morgan fingerprint density at radius 3 is 2.71 bits per heavy atom. The quantitative estimate of drug-likeness (QED) is 0.157. The second-order valence-electron chi connectivity index (χ2n) is 7.55. The third kappa shape index (κ3) is 4.57. The van der Waals surface area contributed by atoms with E-state index in [1.165, 1.54) is 24.3 Å². The first kappa shape index (κ1) is 22.9. The van der Waals surface area contributed by atoms with Crippen molar-refractivity contribution in [3.8, 4) is 17.2 Å². The highest BCUT2D eigenvalue weighted by Crippen LogP contribution is 2.36. The number of hydrogen-bond acceptors (Lipinski definition) is 7. The average Bonchev–Trinajstić information content (AvgIpc) is 3.24. The Morgan fingerprint density at radius 2 is 1.97 bits per heavy atom. The van der Waals surface area contributed by atoms with E-state index in [-0.39, 0.29) is 28.0 Å². The molecule has 0 aliphatic rings. The number of hydrogen-bond donors (Lipinski definition) is 3. The van der Waals surface area contributed by atoms with E-state index < -0.39 is 10.8 Å². The Balaban J connectivity index is 1.58. The summed E-state index contributed by atoms with van der Waals surface area (Å²) in [5.41, 5.74) is 3.29. The smallest absolute Gasteiger partial charge is 0.282 e. The maximum atomic E-state index is 12.5. The van der Waals surface area contributed by atoms with E-state index in [1.54, 1.807) is 19.1 Å². The Bertz CT molecular complexity index is 1450. The number of aromatic hydroxyl groups is 1. The summed E-state index contributed by atoms with van der Waals surface area (Å²) in [6, 6.07) is 14.5. The molecule has 0 saturated carbocycles. The molecular weight excluding hydrogens is 456 g/mol. The van der Waals surface area contributed by atoms with Crippen LogP contribution in [0.4, 0.5) is 11.4 Å². The van der Waals surface area contributed by atoms with Crippen LogP contribution in [0.2, 0.25) is 0 Å². The SMILES string of the molecule is CCc1ccc2oc(-c3cc(NC(=S)NC(=O)c4ccccc4[N+](=O)[O-])cc(C)c3O)nc2c1. The van der Waals surface area contributed by atoms with Gasteiger partial charge in [0, 0.05) is 11.8 Å². The fourth-order valence-corrected chi connectivity index (χ4v) is 3.69. The fourth-order valence-electron chi connectivity index (χ4n) is 3.48. The number of carbonyl (C=O) groups excluding carboxylic acids is 1. The summed E-state index contributed by atoms with van der Waals surface area (Å²) >= 11 is 5.22. The Kier molecular flexibility index (Phi) is 6.24. The molecule has 4 rings (SSSR count). The number of thiocarbonyl (C=S) groups is 1. The predicted octanol–water partition coefficient (Wildman–Crippen LogP) is 5.11.